The van der Waals surface area contributed by atoms with Crippen molar-refractivity contribution in [3.8, 4) is 5.75 Å². The molecule has 0 heterocycles. The monoisotopic (exact) mass is 277 g/mol. The van der Waals surface area contributed by atoms with E-state index >= 15 is 0 Å². The van der Waals surface area contributed by atoms with E-state index in [0.717, 1.165) is 5.56 Å². The van der Waals surface area contributed by atoms with E-state index in [9.17, 15) is 8.42 Å². The Morgan fingerprint density at radius 3 is 2.71 bits per heavy atom. The lowest BCUT2D eigenvalue weighted by Crippen LogP contribution is -2.18. The van der Waals surface area contributed by atoms with Gasteiger partial charge in [-0.1, -0.05) is 6.07 Å². The molecule has 0 aromatic heterocycles. The molecule has 1 rings (SSSR count). The largest absolute Gasteiger partial charge is 0.492 e. The fourth-order valence-corrected chi connectivity index (χ4v) is 2.73. The second-order valence-corrected chi connectivity index (χ2v) is 5.76. The Bertz CT molecular complexity index is 474. The predicted molar refractivity (Wildman–Crippen MR) is 70.5 cm³/mol. The number of aryl methyl sites for hydroxylation is 1. The first-order valence-corrected chi connectivity index (χ1v) is 7.47. The Hall–Kier alpha value is -0.940. The third kappa shape index (κ3) is 4.44. The molecule has 0 atom stereocenters. The highest BCUT2D eigenvalue weighted by Crippen LogP contribution is 2.26. The van der Waals surface area contributed by atoms with Crippen LogP contribution < -0.4 is 9.46 Å². The molecule has 0 bridgehead atoms. The minimum absolute atomic E-state index is 0.0607. The second kappa shape index (κ2) is 6.12. The number of halogens is 1. The summed E-state index contributed by atoms with van der Waals surface area (Å²) in [5, 5.41) is 0. The van der Waals surface area contributed by atoms with Crippen LogP contribution in [0.4, 0.5) is 5.69 Å². The number of hydrogen-bond acceptors (Lipinski definition) is 3. The van der Waals surface area contributed by atoms with E-state index in [1.165, 1.54) is 0 Å². The Morgan fingerprint density at radius 2 is 2.12 bits per heavy atom. The number of sulfonamides is 1. The minimum atomic E-state index is -3.40. The van der Waals surface area contributed by atoms with Crippen LogP contribution in [0.25, 0.3) is 0 Å². The highest BCUT2D eigenvalue weighted by Gasteiger charge is 2.12. The average Bonchev–Trinajstić information content (AvgIpc) is 2.22. The number of anilines is 1. The predicted octanol–water partition coefficient (Wildman–Crippen LogP) is 2.37. The number of rotatable bonds is 6. The number of benzene rings is 1. The topological polar surface area (TPSA) is 55.4 Å². The average molecular weight is 278 g/mol. The van der Waals surface area contributed by atoms with Crippen molar-refractivity contribution in [3.05, 3.63) is 23.8 Å². The molecule has 0 fully saturated rings. The lowest BCUT2D eigenvalue weighted by molar-refractivity contribution is 0.342. The van der Waals surface area contributed by atoms with Gasteiger partial charge >= 0.3 is 0 Å². The molecule has 1 aromatic rings. The standard InChI is InChI=1S/C11H16ClNO3S/c1-3-16-11-8-9(2)4-5-10(11)13-17(14,15)7-6-12/h4-5,8,13H,3,6-7H2,1-2H3. The third-order valence-electron chi connectivity index (χ3n) is 2.05. The summed E-state index contributed by atoms with van der Waals surface area (Å²) in [4.78, 5) is 0. The molecule has 0 aliphatic rings. The van der Waals surface area contributed by atoms with E-state index in [-0.39, 0.29) is 11.6 Å². The highest BCUT2D eigenvalue weighted by molar-refractivity contribution is 7.92. The third-order valence-corrected chi connectivity index (χ3v) is 3.73. The van der Waals surface area contributed by atoms with Crippen molar-refractivity contribution < 1.29 is 13.2 Å². The highest BCUT2D eigenvalue weighted by atomic mass is 35.5. The normalized spacial score (nSPS) is 11.2. The smallest absolute Gasteiger partial charge is 0.234 e. The fourth-order valence-electron chi connectivity index (χ4n) is 1.31. The molecule has 1 aromatic carbocycles. The summed E-state index contributed by atoms with van der Waals surface area (Å²) < 4.78 is 31.0. The zero-order valence-electron chi connectivity index (χ0n) is 9.86. The number of alkyl halides is 1. The summed E-state index contributed by atoms with van der Waals surface area (Å²) in [7, 11) is -3.40. The van der Waals surface area contributed by atoms with Crippen molar-refractivity contribution in [1.82, 2.24) is 0 Å². The van der Waals surface area contributed by atoms with E-state index in [1.54, 1.807) is 12.1 Å². The molecule has 0 saturated carbocycles. The lowest BCUT2D eigenvalue weighted by Gasteiger charge is -2.12. The van der Waals surface area contributed by atoms with Gasteiger partial charge in [0.2, 0.25) is 10.0 Å². The summed E-state index contributed by atoms with van der Waals surface area (Å²) in [5.41, 5.74) is 1.45. The van der Waals surface area contributed by atoms with Crippen LogP contribution in [0, 0.1) is 6.92 Å². The van der Waals surface area contributed by atoms with Gasteiger partial charge in [-0.15, -0.1) is 11.6 Å². The summed E-state index contributed by atoms with van der Waals surface area (Å²) in [6.45, 7) is 4.24. The fraction of sp³-hybridized carbons (Fsp3) is 0.455. The second-order valence-electron chi connectivity index (χ2n) is 3.54. The first-order chi connectivity index (χ1) is 7.98. The zero-order valence-corrected chi connectivity index (χ0v) is 11.4. The summed E-state index contributed by atoms with van der Waals surface area (Å²) in [6.07, 6.45) is 0. The van der Waals surface area contributed by atoms with Crippen LogP contribution in [0.3, 0.4) is 0 Å². The molecule has 96 valence electrons. The molecule has 17 heavy (non-hydrogen) atoms. The number of ether oxygens (including phenoxy) is 1. The Labute approximate surface area is 107 Å². The molecule has 0 aliphatic carbocycles. The van der Waals surface area contributed by atoms with Crippen molar-refractivity contribution in [2.75, 3.05) is 23.0 Å². The minimum Gasteiger partial charge on any atom is -0.492 e. The summed E-state index contributed by atoms with van der Waals surface area (Å²) in [5.74, 6) is 0.477. The quantitative estimate of drug-likeness (QED) is 0.812. The molecule has 6 heteroatoms. The first kappa shape index (κ1) is 14.1. The van der Waals surface area contributed by atoms with Gasteiger partial charge in [-0.2, -0.15) is 0 Å². The van der Waals surface area contributed by atoms with Gasteiger partial charge in [-0.05, 0) is 31.5 Å². The van der Waals surface area contributed by atoms with Crippen LogP contribution in [0.1, 0.15) is 12.5 Å². The van der Waals surface area contributed by atoms with Crippen LogP contribution in [-0.4, -0.2) is 26.7 Å². The molecule has 0 spiro atoms. The van der Waals surface area contributed by atoms with Crippen molar-refractivity contribution in [2.45, 2.75) is 13.8 Å². The van der Waals surface area contributed by atoms with Gasteiger partial charge < -0.3 is 4.74 Å². The molecule has 0 radical (unpaired) electrons. The van der Waals surface area contributed by atoms with E-state index in [2.05, 4.69) is 4.72 Å². The number of nitrogens with one attached hydrogen (secondary N) is 1. The maximum atomic E-state index is 11.6. The Kier molecular flexibility index (Phi) is 5.08. The van der Waals surface area contributed by atoms with Crippen LogP contribution in [0.5, 0.6) is 5.75 Å². The maximum absolute atomic E-state index is 11.6. The lowest BCUT2D eigenvalue weighted by atomic mass is 10.2. The van der Waals surface area contributed by atoms with Gasteiger partial charge in [0.25, 0.3) is 0 Å². The van der Waals surface area contributed by atoms with Crippen LogP contribution in [0.2, 0.25) is 0 Å². The Balaban J connectivity index is 2.97. The van der Waals surface area contributed by atoms with Crippen molar-refractivity contribution in [1.29, 1.82) is 0 Å². The van der Waals surface area contributed by atoms with Gasteiger partial charge in [0.15, 0.2) is 0 Å². The van der Waals surface area contributed by atoms with Crippen LogP contribution in [0.15, 0.2) is 18.2 Å². The van der Waals surface area contributed by atoms with Gasteiger partial charge in [-0.3, -0.25) is 4.72 Å². The van der Waals surface area contributed by atoms with Gasteiger partial charge in [0.05, 0.1) is 18.0 Å². The molecule has 1 N–H and O–H groups in total. The molecular weight excluding hydrogens is 262 g/mol. The van der Waals surface area contributed by atoms with Crippen molar-refractivity contribution in [2.24, 2.45) is 0 Å². The number of hydrogen-bond donors (Lipinski definition) is 1. The van der Waals surface area contributed by atoms with E-state index in [4.69, 9.17) is 16.3 Å². The summed E-state index contributed by atoms with van der Waals surface area (Å²) in [6, 6.07) is 5.30. The van der Waals surface area contributed by atoms with E-state index in [0.29, 0.717) is 18.0 Å². The van der Waals surface area contributed by atoms with E-state index < -0.39 is 10.0 Å². The molecule has 0 unspecified atom stereocenters. The van der Waals surface area contributed by atoms with Crippen molar-refractivity contribution in [3.63, 3.8) is 0 Å². The van der Waals surface area contributed by atoms with Crippen LogP contribution in [-0.2, 0) is 10.0 Å². The Morgan fingerprint density at radius 1 is 1.41 bits per heavy atom. The first-order valence-electron chi connectivity index (χ1n) is 5.28. The zero-order chi connectivity index (χ0) is 12.9. The molecular formula is C11H16ClNO3S. The molecule has 0 saturated heterocycles. The summed E-state index contributed by atoms with van der Waals surface area (Å²) >= 11 is 5.43. The van der Waals surface area contributed by atoms with Crippen molar-refractivity contribution >= 4 is 27.3 Å². The molecule has 4 nitrogen and oxygen atoms in total. The van der Waals surface area contributed by atoms with Gasteiger partial charge in [0.1, 0.15) is 5.75 Å². The SMILES string of the molecule is CCOc1cc(C)ccc1NS(=O)(=O)CCCl. The molecule has 0 aliphatic heterocycles. The van der Waals surface area contributed by atoms with Crippen LogP contribution >= 0.6 is 11.6 Å². The maximum Gasteiger partial charge on any atom is 0.234 e. The molecule has 0 amide bonds. The van der Waals surface area contributed by atoms with E-state index in [1.807, 2.05) is 19.9 Å². The van der Waals surface area contributed by atoms with Gasteiger partial charge in [-0.25, -0.2) is 8.42 Å². The van der Waals surface area contributed by atoms with Gasteiger partial charge in [0, 0.05) is 5.88 Å².